The standard InChI is InChI=1S/C61H39N3/c1-4-16-40(17-5-1)42-28-35-47(36-29-42)61-63-59(45-19-6-2-7-20-45)56(60(64-61)46-21-8-3-9-22-46)44-33-31-43(32-34-44)53-39-54-57(51-25-13-12-24-50(51)53)52-26-14-15-27-55(52)62-58(54)49-37-30-41-18-10-11-23-48(41)38-49/h1-39H. The van der Waals surface area contributed by atoms with Crippen molar-refractivity contribution in [2.75, 3.05) is 0 Å². The maximum absolute atomic E-state index is 5.40. The zero-order valence-electron chi connectivity index (χ0n) is 34.9. The first-order valence-corrected chi connectivity index (χ1v) is 21.8. The highest BCUT2D eigenvalue weighted by molar-refractivity contribution is 6.25. The summed E-state index contributed by atoms with van der Waals surface area (Å²) in [5.74, 6) is 0.684. The third-order valence-corrected chi connectivity index (χ3v) is 12.5. The van der Waals surface area contributed by atoms with Crippen LogP contribution in [0.2, 0.25) is 0 Å². The molecular weight excluding hydrogens is 775 g/mol. The number of rotatable bonds is 7. The van der Waals surface area contributed by atoms with Gasteiger partial charge >= 0.3 is 0 Å². The normalized spacial score (nSPS) is 11.4. The molecule has 0 amide bonds. The topological polar surface area (TPSA) is 38.7 Å². The fourth-order valence-electron chi connectivity index (χ4n) is 9.34. The summed E-state index contributed by atoms with van der Waals surface area (Å²) in [6, 6.07) is 84.0. The highest BCUT2D eigenvalue weighted by atomic mass is 14.9. The molecule has 0 N–H and O–H groups in total. The number of benzene rings is 10. The third-order valence-electron chi connectivity index (χ3n) is 12.5. The Morgan fingerprint density at radius 1 is 0.250 bits per heavy atom. The number of para-hydroxylation sites is 1. The number of pyridine rings is 1. The van der Waals surface area contributed by atoms with Crippen LogP contribution in [0.3, 0.4) is 0 Å². The Hall–Kier alpha value is -8.53. The van der Waals surface area contributed by atoms with Crippen LogP contribution in [0.5, 0.6) is 0 Å². The predicted molar refractivity (Wildman–Crippen MR) is 268 cm³/mol. The van der Waals surface area contributed by atoms with E-state index in [4.69, 9.17) is 15.0 Å². The monoisotopic (exact) mass is 813 g/mol. The van der Waals surface area contributed by atoms with Crippen LogP contribution >= 0.6 is 0 Å². The van der Waals surface area contributed by atoms with Crippen LogP contribution in [0.15, 0.2) is 237 Å². The van der Waals surface area contributed by atoms with E-state index in [0.29, 0.717) is 5.82 Å². The lowest BCUT2D eigenvalue weighted by Gasteiger charge is -2.18. The average Bonchev–Trinajstić information content (AvgIpc) is 3.38. The lowest BCUT2D eigenvalue weighted by atomic mass is 9.88. The molecule has 0 aliphatic heterocycles. The fourth-order valence-corrected chi connectivity index (χ4v) is 9.34. The Kier molecular flexibility index (Phi) is 9.16. The maximum atomic E-state index is 5.40. The minimum atomic E-state index is 0.684. The van der Waals surface area contributed by atoms with Gasteiger partial charge in [0.05, 0.1) is 22.6 Å². The largest absolute Gasteiger partial charge is 0.247 e. The zero-order chi connectivity index (χ0) is 42.4. The molecule has 64 heavy (non-hydrogen) atoms. The number of fused-ring (bicyclic) bond motifs is 6. The number of nitrogens with zero attached hydrogens (tertiary/aromatic N) is 3. The molecule has 3 nitrogen and oxygen atoms in total. The summed E-state index contributed by atoms with van der Waals surface area (Å²) in [6.07, 6.45) is 0. The van der Waals surface area contributed by atoms with E-state index in [1.165, 1.54) is 32.5 Å². The molecule has 3 heteroatoms. The summed E-state index contributed by atoms with van der Waals surface area (Å²) in [7, 11) is 0. The molecule has 0 atom stereocenters. The summed E-state index contributed by atoms with van der Waals surface area (Å²) in [5, 5.41) is 8.32. The van der Waals surface area contributed by atoms with E-state index in [1.807, 2.05) is 6.07 Å². The van der Waals surface area contributed by atoms with E-state index in [2.05, 4.69) is 231 Å². The van der Waals surface area contributed by atoms with E-state index >= 15 is 0 Å². The van der Waals surface area contributed by atoms with Crippen molar-refractivity contribution in [1.29, 1.82) is 0 Å². The van der Waals surface area contributed by atoms with Crippen molar-refractivity contribution in [2.45, 2.75) is 0 Å². The molecule has 10 aromatic carbocycles. The zero-order valence-corrected chi connectivity index (χ0v) is 34.9. The molecule has 0 spiro atoms. The van der Waals surface area contributed by atoms with Crippen LogP contribution < -0.4 is 0 Å². The molecule has 0 saturated carbocycles. The quantitative estimate of drug-likeness (QED) is 0.150. The summed E-state index contributed by atoms with van der Waals surface area (Å²) >= 11 is 0. The van der Waals surface area contributed by atoms with Gasteiger partial charge in [-0.1, -0.05) is 218 Å². The van der Waals surface area contributed by atoms with Gasteiger partial charge in [0.25, 0.3) is 0 Å². The first-order chi connectivity index (χ1) is 31.7. The molecule has 0 aliphatic rings. The summed E-state index contributed by atoms with van der Waals surface area (Å²) in [4.78, 5) is 16.2. The predicted octanol–water partition coefficient (Wildman–Crippen LogP) is 16.2. The molecule has 0 saturated heterocycles. The molecule has 0 bridgehead atoms. The minimum Gasteiger partial charge on any atom is -0.247 e. The molecule has 2 aromatic heterocycles. The van der Waals surface area contributed by atoms with Crippen LogP contribution in [0.1, 0.15) is 0 Å². The fraction of sp³-hybridized carbons (Fsp3) is 0. The lowest BCUT2D eigenvalue weighted by molar-refractivity contribution is 1.18. The van der Waals surface area contributed by atoms with Gasteiger partial charge < -0.3 is 0 Å². The first kappa shape index (κ1) is 37.2. The Morgan fingerprint density at radius 3 is 1.41 bits per heavy atom. The van der Waals surface area contributed by atoms with Crippen molar-refractivity contribution in [3.8, 4) is 78.5 Å². The van der Waals surface area contributed by atoms with Gasteiger partial charge in [0.15, 0.2) is 5.82 Å². The van der Waals surface area contributed by atoms with Crippen LogP contribution in [-0.4, -0.2) is 15.0 Å². The van der Waals surface area contributed by atoms with Crippen LogP contribution in [0.25, 0.3) is 122 Å². The van der Waals surface area contributed by atoms with Gasteiger partial charge in [-0.2, -0.15) is 0 Å². The second-order valence-corrected chi connectivity index (χ2v) is 16.3. The number of aromatic nitrogens is 3. The van der Waals surface area contributed by atoms with Gasteiger partial charge in [-0.05, 0) is 67.6 Å². The molecule has 0 radical (unpaired) electrons. The molecular formula is C61H39N3. The number of hydrogen-bond donors (Lipinski definition) is 0. The second kappa shape index (κ2) is 15.7. The van der Waals surface area contributed by atoms with Gasteiger partial charge in [0, 0.05) is 44.0 Å². The van der Waals surface area contributed by atoms with Crippen LogP contribution in [0, 0.1) is 0 Å². The molecule has 2 heterocycles. The second-order valence-electron chi connectivity index (χ2n) is 16.3. The van der Waals surface area contributed by atoms with Gasteiger partial charge in [0.1, 0.15) is 0 Å². The van der Waals surface area contributed by atoms with Crippen LogP contribution in [-0.2, 0) is 0 Å². The maximum Gasteiger partial charge on any atom is 0.160 e. The summed E-state index contributed by atoms with van der Waals surface area (Å²) in [6.45, 7) is 0. The van der Waals surface area contributed by atoms with E-state index in [0.717, 1.165) is 83.4 Å². The minimum absolute atomic E-state index is 0.684. The Bertz CT molecular complexity index is 3620. The number of hydrogen-bond acceptors (Lipinski definition) is 3. The molecule has 12 aromatic rings. The highest BCUT2D eigenvalue weighted by Crippen LogP contribution is 2.44. The van der Waals surface area contributed by atoms with Crippen molar-refractivity contribution < 1.29 is 0 Å². The Labute approximate surface area is 371 Å². The molecule has 0 unspecified atom stereocenters. The smallest absolute Gasteiger partial charge is 0.160 e. The van der Waals surface area contributed by atoms with Crippen molar-refractivity contribution in [1.82, 2.24) is 15.0 Å². The average molecular weight is 814 g/mol. The van der Waals surface area contributed by atoms with Crippen molar-refractivity contribution >= 4 is 43.2 Å². The first-order valence-electron chi connectivity index (χ1n) is 21.8. The summed E-state index contributed by atoms with van der Waals surface area (Å²) in [5.41, 5.74) is 14.5. The lowest BCUT2D eigenvalue weighted by Crippen LogP contribution is -2.01. The van der Waals surface area contributed by atoms with Gasteiger partial charge in [-0.25, -0.2) is 15.0 Å². The SMILES string of the molecule is c1ccc(-c2ccc(-c3nc(-c4ccccc4)c(-c4ccc(-c5cc6c(-c7ccc8ccccc8c7)nc7ccccc7c6c6ccccc56)cc4)c(-c4ccccc4)n3)cc2)cc1. The van der Waals surface area contributed by atoms with E-state index in [9.17, 15) is 0 Å². The molecule has 0 fully saturated rings. The van der Waals surface area contributed by atoms with E-state index in [-0.39, 0.29) is 0 Å². The molecule has 0 aliphatic carbocycles. The van der Waals surface area contributed by atoms with E-state index in [1.54, 1.807) is 0 Å². The van der Waals surface area contributed by atoms with Crippen LogP contribution in [0.4, 0.5) is 0 Å². The van der Waals surface area contributed by atoms with Gasteiger partial charge in [-0.3, -0.25) is 0 Å². The molecule has 298 valence electrons. The van der Waals surface area contributed by atoms with Crippen molar-refractivity contribution in [3.05, 3.63) is 237 Å². The summed E-state index contributed by atoms with van der Waals surface area (Å²) < 4.78 is 0. The van der Waals surface area contributed by atoms with Gasteiger partial charge in [-0.15, -0.1) is 0 Å². The third kappa shape index (κ3) is 6.59. The Balaban J connectivity index is 1.05. The molecule has 12 rings (SSSR count). The van der Waals surface area contributed by atoms with Gasteiger partial charge in [0.2, 0.25) is 0 Å². The highest BCUT2D eigenvalue weighted by Gasteiger charge is 2.22. The van der Waals surface area contributed by atoms with Crippen molar-refractivity contribution in [3.63, 3.8) is 0 Å². The van der Waals surface area contributed by atoms with E-state index < -0.39 is 0 Å². The Morgan fingerprint density at radius 2 is 0.734 bits per heavy atom. The van der Waals surface area contributed by atoms with Crippen molar-refractivity contribution in [2.24, 2.45) is 0 Å².